The Balaban J connectivity index is 2.29. The van der Waals surface area contributed by atoms with E-state index in [1.54, 1.807) is 14.1 Å². The molecule has 24 heavy (non-hydrogen) atoms. The predicted molar refractivity (Wildman–Crippen MR) is 84.4 cm³/mol. The molecule has 0 radical (unpaired) electrons. The molecule has 0 bridgehead atoms. The van der Waals surface area contributed by atoms with Crippen LogP contribution < -0.4 is 4.72 Å². The molecule has 0 amide bonds. The molecule has 0 saturated heterocycles. The van der Waals surface area contributed by atoms with E-state index >= 15 is 0 Å². The predicted octanol–water partition coefficient (Wildman–Crippen LogP) is 2.69. The van der Waals surface area contributed by atoms with E-state index in [0.29, 0.717) is 0 Å². The summed E-state index contributed by atoms with van der Waals surface area (Å²) in [5.41, 5.74) is -0.251. The first-order valence-corrected chi connectivity index (χ1v) is 8.57. The van der Waals surface area contributed by atoms with Crippen LogP contribution in [0.25, 0.3) is 0 Å². The summed E-state index contributed by atoms with van der Waals surface area (Å²) < 4.78 is 68.3. The summed E-state index contributed by atoms with van der Waals surface area (Å²) in [6.07, 6.45) is 0. The molecule has 2 aromatic carbocycles. The van der Waals surface area contributed by atoms with Gasteiger partial charge < -0.3 is 4.90 Å². The van der Waals surface area contributed by atoms with Crippen LogP contribution in [0.4, 0.5) is 13.2 Å². The Morgan fingerprint density at radius 3 is 2.04 bits per heavy atom. The van der Waals surface area contributed by atoms with Gasteiger partial charge in [0.2, 0.25) is 10.0 Å². The smallest absolute Gasteiger partial charge is 0.243 e. The molecule has 0 aliphatic rings. The lowest BCUT2D eigenvalue weighted by atomic mass is 10.0. The third-order valence-electron chi connectivity index (χ3n) is 3.55. The molecule has 0 aromatic heterocycles. The van der Waals surface area contributed by atoms with Crippen LogP contribution in [0.15, 0.2) is 47.4 Å². The Morgan fingerprint density at radius 1 is 0.958 bits per heavy atom. The first-order valence-electron chi connectivity index (χ1n) is 7.08. The highest BCUT2D eigenvalue weighted by Crippen LogP contribution is 2.24. The molecular formula is C16H17F3N2O2S. The van der Waals surface area contributed by atoms with Crippen LogP contribution in [0, 0.1) is 17.5 Å². The Hall–Kier alpha value is -1.90. The second kappa shape index (κ2) is 7.33. The second-order valence-corrected chi connectivity index (χ2v) is 7.13. The molecule has 4 nitrogen and oxygen atoms in total. The van der Waals surface area contributed by atoms with E-state index in [1.807, 2.05) is 0 Å². The van der Waals surface area contributed by atoms with Crippen LogP contribution in [-0.4, -0.2) is 34.0 Å². The van der Waals surface area contributed by atoms with Crippen molar-refractivity contribution >= 4 is 10.0 Å². The Labute approximate surface area is 139 Å². The number of hydrogen-bond donors (Lipinski definition) is 1. The topological polar surface area (TPSA) is 49.4 Å². The largest absolute Gasteiger partial charge is 0.301 e. The number of hydrogen-bond acceptors (Lipinski definition) is 3. The lowest BCUT2D eigenvalue weighted by molar-refractivity contribution is 0.283. The molecule has 0 spiro atoms. The van der Waals surface area contributed by atoms with E-state index in [-0.39, 0.29) is 12.1 Å². The van der Waals surface area contributed by atoms with Crippen LogP contribution in [0.1, 0.15) is 11.6 Å². The quantitative estimate of drug-likeness (QED) is 0.864. The Kier molecular flexibility index (Phi) is 5.63. The van der Waals surface area contributed by atoms with Gasteiger partial charge in [0.05, 0.1) is 6.04 Å². The van der Waals surface area contributed by atoms with Gasteiger partial charge in [0.15, 0.2) is 0 Å². The Bertz CT molecular complexity index is 806. The van der Waals surface area contributed by atoms with Crippen LogP contribution in [-0.2, 0) is 10.0 Å². The standard InChI is InChI=1S/C16H17F3N2O2S/c1-21(2)14(16-12(18)7-5-8-13(16)19)10-20-24(22,23)15-9-4-3-6-11(15)17/h3-9,14,20H,10H2,1-2H3. The summed E-state index contributed by atoms with van der Waals surface area (Å²) in [6.45, 7) is -0.318. The zero-order valence-corrected chi connectivity index (χ0v) is 13.9. The molecule has 0 aliphatic carbocycles. The summed E-state index contributed by atoms with van der Waals surface area (Å²) in [6, 6.07) is 7.42. The van der Waals surface area contributed by atoms with Gasteiger partial charge >= 0.3 is 0 Å². The van der Waals surface area contributed by atoms with Crippen LogP contribution in [0.5, 0.6) is 0 Å². The zero-order chi connectivity index (χ0) is 17.9. The van der Waals surface area contributed by atoms with Crippen molar-refractivity contribution in [3.05, 3.63) is 65.5 Å². The van der Waals surface area contributed by atoms with Gasteiger partial charge in [-0.15, -0.1) is 0 Å². The highest BCUT2D eigenvalue weighted by atomic mass is 32.2. The lowest BCUT2D eigenvalue weighted by Crippen LogP contribution is -2.35. The summed E-state index contributed by atoms with van der Waals surface area (Å²) in [5, 5.41) is 0. The summed E-state index contributed by atoms with van der Waals surface area (Å²) in [5.74, 6) is -2.46. The third-order valence-corrected chi connectivity index (χ3v) is 5.01. The minimum absolute atomic E-state index is 0.251. The fourth-order valence-corrected chi connectivity index (χ4v) is 3.42. The number of sulfonamides is 1. The van der Waals surface area contributed by atoms with Crippen molar-refractivity contribution < 1.29 is 21.6 Å². The van der Waals surface area contributed by atoms with Gasteiger partial charge in [0.25, 0.3) is 0 Å². The fourth-order valence-electron chi connectivity index (χ4n) is 2.30. The maximum absolute atomic E-state index is 14.0. The van der Waals surface area contributed by atoms with Gasteiger partial charge in [-0.2, -0.15) is 0 Å². The van der Waals surface area contributed by atoms with Gasteiger partial charge in [0.1, 0.15) is 22.3 Å². The monoisotopic (exact) mass is 358 g/mol. The fraction of sp³-hybridized carbons (Fsp3) is 0.250. The molecule has 1 unspecified atom stereocenters. The number of halogens is 3. The van der Waals surface area contributed by atoms with E-state index in [4.69, 9.17) is 0 Å². The SMILES string of the molecule is CN(C)C(CNS(=O)(=O)c1ccccc1F)c1c(F)cccc1F. The number of benzene rings is 2. The van der Waals surface area contributed by atoms with E-state index in [1.165, 1.54) is 23.1 Å². The van der Waals surface area contributed by atoms with E-state index in [9.17, 15) is 21.6 Å². The molecule has 1 atom stereocenters. The van der Waals surface area contributed by atoms with Crippen molar-refractivity contribution in [3.8, 4) is 0 Å². The average molecular weight is 358 g/mol. The first-order chi connectivity index (χ1) is 11.2. The average Bonchev–Trinajstić information content (AvgIpc) is 2.50. The highest BCUT2D eigenvalue weighted by Gasteiger charge is 2.25. The molecular weight excluding hydrogens is 341 g/mol. The molecule has 0 saturated carbocycles. The molecule has 0 heterocycles. The van der Waals surface area contributed by atoms with E-state index in [2.05, 4.69) is 4.72 Å². The van der Waals surface area contributed by atoms with Gasteiger partial charge in [-0.25, -0.2) is 26.3 Å². The van der Waals surface area contributed by atoms with Gasteiger partial charge in [-0.1, -0.05) is 18.2 Å². The van der Waals surface area contributed by atoms with Crippen molar-refractivity contribution in [1.82, 2.24) is 9.62 Å². The molecule has 8 heteroatoms. The maximum Gasteiger partial charge on any atom is 0.243 e. The highest BCUT2D eigenvalue weighted by molar-refractivity contribution is 7.89. The zero-order valence-electron chi connectivity index (χ0n) is 13.1. The van der Waals surface area contributed by atoms with Crippen molar-refractivity contribution in [1.29, 1.82) is 0 Å². The number of likely N-dealkylation sites (N-methyl/N-ethyl adjacent to an activating group) is 1. The molecule has 130 valence electrons. The molecule has 1 N–H and O–H groups in total. The normalized spacial score (nSPS) is 13.2. The van der Waals surface area contributed by atoms with Gasteiger partial charge in [-0.3, -0.25) is 0 Å². The van der Waals surface area contributed by atoms with Crippen molar-refractivity contribution in [2.24, 2.45) is 0 Å². The third kappa shape index (κ3) is 3.95. The van der Waals surface area contributed by atoms with E-state index in [0.717, 1.165) is 24.3 Å². The molecule has 2 aromatic rings. The summed E-state index contributed by atoms with van der Waals surface area (Å²) >= 11 is 0. The molecule has 0 fully saturated rings. The van der Waals surface area contributed by atoms with Crippen LogP contribution >= 0.6 is 0 Å². The number of rotatable bonds is 6. The number of nitrogens with zero attached hydrogens (tertiary/aromatic N) is 1. The van der Waals surface area contributed by atoms with Crippen molar-refractivity contribution in [3.63, 3.8) is 0 Å². The molecule has 2 rings (SSSR count). The lowest BCUT2D eigenvalue weighted by Gasteiger charge is -2.25. The summed E-state index contributed by atoms with van der Waals surface area (Å²) in [4.78, 5) is 0.960. The van der Waals surface area contributed by atoms with Gasteiger partial charge in [0, 0.05) is 12.1 Å². The van der Waals surface area contributed by atoms with Crippen molar-refractivity contribution in [2.45, 2.75) is 10.9 Å². The Morgan fingerprint density at radius 2 is 1.50 bits per heavy atom. The van der Waals surface area contributed by atoms with Crippen LogP contribution in [0.2, 0.25) is 0 Å². The van der Waals surface area contributed by atoms with E-state index < -0.39 is 38.4 Å². The minimum atomic E-state index is -4.15. The minimum Gasteiger partial charge on any atom is -0.301 e. The second-order valence-electron chi connectivity index (χ2n) is 5.40. The molecule has 0 aliphatic heterocycles. The van der Waals surface area contributed by atoms with Crippen molar-refractivity contribution in [2.75, 3.05) is 20.6 Å². The first kappa shape index (κ1) is 18.4. The maximum atomic E-state index is 14.0. The van der Waals surface area contributed by atoms with Gasteiger partial charge in [-0.05, 0) is 38.4 Å². The summed E-state index contributed by atoms with van der Waals surface area (Å²) in [7, 11) is -1.02. The number of nitrogens with one attached hydrogen (secondary N) is 1. The van der Waals surface area contributed by atoms with Crippen LogP contribution in [0.3, 0.4) is 0 Å².